The highest BCUT2D eigenvalue weighted by molar-refractivity contribution is 6.35. The van der Waals surface area contributed by atoms with E-state index < -0.39 is 5.91 Å². The number of hydrogen-bond acceptors (Lipinski definition) is 5. The van der Waals surface area contributed by atoms with Gasteiger partial charge in [-0.05, 0) is 18.2 Å². The zero-order valence-electron chi connectivity index (χ0n) is 13.7. The highest BCUT2D eigenvalue weighted by atomic mass is 35.5. The van der Waals surface area contributed by atoms with Crippen molar-refractivity contribution in [3.05, 3.63) is 28.2 Å². The van der Waals surface area contributed by atoms with Crippen molar-refractivity contribution in [1.82, 2.24) is 15.5 Å². The van der Waals surface area contributed by atoms with Crippen molar-refractivity contribution in [2.45, 2.75) is 0 Å². The number of nitrogens with one attached hydrogen (secondary N) is 2. The fourth-order valence-electron chi connectivity index (χ4n) is 2.21. The lowest BCUT2D eigenvalue weighted by Crippen LogP contribution is -2.44. The molecule has 0 aromatic heterocycles. The van der Waals surface area contributed by atoms with E-state index in [0.29, 0.717) is 22.3 Å². The van der Waals surface area contributed by atoms with Crippen molar-refractivity contribution >= 4 is 35.0 Å². The highest BCUT2D eigenvalue weighted by Crippen LogP contribution is 2.27. The summed E-state index contributed by atoms with van der Waals surface area (Å²) in [4.78, 5) is 25.6. The SMILES string of the molecule is O=C(CNC(=O)COc1ccc(Cl)cc1Cl)NCCN1CCOCC1. The van der Waals surface area contributed by atoms with Gasteiger partial charge >= 0.3 is 0 Å². The molecular weight excluding hydrogens is 369 g/mol. The van der Waals surface area contributed by atoms with Gasteiger partial charge in [0.25, 0.3) is 5.91 Å². The Kier molecular flexibility index (Phi) is 8.27. The van der Waals surface area contributed by atoms with Crippen LogP contribution in [0.3, 0.4) is 0 Å². The molecule has 0 atom stereocenters. The lowest BCUT2D eigenvalue weighted by molar-refractivity contribution is -0.127. The molecule has 2 amide bonds. The summed E-state index contributed by atoms with van der Waals surface area (Å²) in [5, 5.41) is 6.06. The van der Waals surface area contributed by atoms with Gasteiger partial charge in [0.1, 0.15) is 5.75 Å². The molecule has 9 heteroatoms. The van der Waals surface area contributed by atoms with E-state index in [0.717, 1.165) is 32.8 Å². The van der Waals surface area contributed by atoms with Crippen molar-refractivity contribution in [3.63, 3.8) is 0 Å². The number of carbonyl (C=O) groups excluding carboxylic acids is 2. The van der Waals surface area contributed by atoms with Crippen molar-refractivity contribution in [3.8, 4) is 5.75 Å². The van der Waals surface area contributed by atoms with Gasteiger partial charge in [0.2, 0.25) is 5.91 Å². The summed E-state index contributed by atoms with van der Waals surface area (Å²) in [6.07, 6.45) is 0. The standard InChI is InChI=1S/C16H21Cl2N3O4/c17-12-1-2-14(13(18)9-12)25-11-16(23)20-10-15(22)19-3-4-21-5-7-24-8-6-21/h1-2,9H,3-8,10-11H2,(H,19,22)(H,20,23). The number of benzene rings is 1. The summed E-state index contributed by atoms with van der Waals surface area (Å²) >= 11 is 11.7. The van der Waals surface area contributed by atoms with Crippen LogP contribution in [0.25, 0.3) is 0 Å². The Morgan fingerprint density at radius 1 is 1.16 bits per heavy atom. The Hall–Kier alpha value is -1.54. The zero-order valence-corrected chi connectivity index (χ0v) is 15.2. The van der Waals surface area contributed by atoms with E-state index in [-0.39, 0.29) is 19.1 Å². The molecule has 1 aliphatic rings. The molecular formula is C16H21Cl2N3O4. The second-order valence-electron chi connectivity index (χ2n) is 5.44. The van der Waals surface area contributed by atoms with Crippen molar-refractivity contribution in [1.29, 1.82) is 0 Å². The summed E-state index contributed by atoms with van der Waals surface area (Å²) in [7, 11) is 0. The van der Waals surface area contributed by atoms with Gasteiger partial charge in [0.05, 0.1) is 24.8 Å². The first-order valence-electron chi connectivity index (χ1n) is 7.96. The normalized spacial score (nSPS) is 14.8. The highest BCUT2D eigenvalue weighted by Gasteiger charge is 2.11. The number of nitrogens with zero attached hydrogens (tertiary/aromatic N) is 1. The van der Waals surface area contributed by atoms with Crippen molar-refractivity contribution < 1.29 is 19.1 Å². The van der Waals surface area contributed by atoms with Crippen molar-refractivity contribution in [2.24, 2.45) is 0 Å². The largest absolute Gasteiger partial charge is 0.482 e. The molecule has 138 valence electrons. The maximum absolute atomic E-state index is 11.7. The maximum atomic E-state index is 11.7. The van der Waals surface area contributed by atoms with Crippen LogP contribution in [0.5, 0.6) is 5.75 Å². The van der Waals surface area contributed by atoms with Crippen LogP contribution in [0.1, 0.15) is 0 Å². The first kappa shape index (κ1) is 19.8. The van der Waals surface area contributed by atoms with E-state index in [2.05, 4.69) is 15.5 Å². The van der Waals surface area contributed by atoms with E-state index in [1.807, 2.05) is 0 Å². The Labute approximate surface area is 156 Å². The zero-order chi connectivity index (χ0) is 18.1. The Bertz CT molecular complexity index is 595. The first-order chi connectivity index (χ1) is 12.0. The van der Waals surface area contributed by atoms with E-state index in [1.54, 1.807) is 12.1 Å². The van der Waals surface area contributed by atoms with Crippen LogP contribution in [0, 0.1) is 0 Å². The van der Waals surface area contributed by atoms with Gasteiger partial charge in [-0.2, -0.15) is 0 Å². The monoisotopic (exact) mass is 389 g/mol. The Morgan fingerprint density at radius 3 is 2.64 bits per heavy atom. The first-order valence-corrected chi connectivity index (χ1v) is 8.71. The smallest absolute Gasteiger partial charge is 0.258 e. The predicted octanol–water partition coefficient (Wildman–Crippen LogP) is 0.937. The predicted molar refractivity (Wildman–Crippen MR) is 95.2 cm³/mol. The van der Waals surface area contributed by atoms with Crippen LogP contribution in [0.15, 0.2) is 18.2 Å². The number of halogens is 2. The minimum Gasteiger partial charge on any atom is -0.482 e. The molecule has 0 spiro atoms. The van der Waals surface area contributed by atoms with Crippen LogP contribution in [-0.4, -0.2) is 69.3 Å². The average molecular weight is 390 g/mol. The van der Waals surface area contributed by atoms with Gasteiger partial charge in [-0.25, -0.2) is 0 Å². The molecule has 2 N–H and O–H groups in total. The molecule has 25 heavy (non-hydrogen) atoms. The molecule has 1 fully saturated rings. The molecule has 0 bridgehead atoms. The van der Waals surface area contributed by atoms with Crippen LogP contribution < -0.4 is 15.4 Å². The summed E-state index contributed by atoms with van der Waals surface area (Å²) in [5.41, 5.74) is 0. The fourth-order valence-corrected chi connectivity index (χ4v) is 2.67. The minimum atomic E-state index is -0.408. The van der Waals surface area contributed by atoms with E-state index in [4.69, 9.17) is 32.7 Å². The molecule has 0 unspecified atom stereocenters. The third-order valence-corrected chi connectivity index (χ3v) is 4.08. The maximum Gasteiger partial charge on any atom is 0.258 e. The molecule has 0 radical (unpaired) electrons. The molecule has 2 rings (SSSR count). The van der Waals surface area contributed by atoms with Crippen LogP contribution in [0.2, 0.25) is 10.0 Å². The number of ether oxygens (including phenoxy) is 2. The third kappa shape index (κ3) is 7.48. The van der Waals surface area contributed by atoms with Gasteiger partial charge in [0.15, 0.2) is 6.61 Å². The molecule has 1 heterocycles. The summed E-state index contributed by atoms with van der Waals surface area (Å²) in [6.45, 7) is 4.16. The lowest BCUT2D eigenvalue weighted by Gasteiger charge is -2.26. The second kappa shape index (κ2) is 10.5. The number of amides is 2. The number of morpholine rings is 1. The summed E-state index contributed by atoms with van der Waals surface area (Å²) in [5.74, 6) is -0.295. The average Bonchev–Trinajstić information content (AvgIpc) is 2.60. The molecule has 1 saturated heterocycles. The molecule has 1 aliphatic heterocycles. The molecule has 0 saturated carbocycles. The Balaban J connectivity index is 1.58. The fraction of sp³-hybridized carbons (Fsp3) is 0.500. The van der Waals surface area contributed by atoms with E-state index in [9.17, 15) is 9.59 Å². The molecule has 0 aliphatic carbocycles. The van der Waals surface area contributed by atoms with Gasteiger partial charge in [0, 0.05) is 31.2 Å². The molecule has 1 aromatic rings. The number of carbonyl (C=O) groups is 2. The summed E-state index contributed by atoms with van der Waals surface area (Å²) in [6, 6.07) is 4.72. The summed E-state index contributed by atoms with van der Waals surface area (Å²) < 4.78 is 10.6. The minimum absolute atomic E-state index is 0.0976. The van der Waals surface area contributed by atoms with Gasteiger partial charge in [-0.1, -0.05) is 23.2 Å². The van der Waals surface area contributed by atoms with Crippen LogP contribution >= 0.6 is 23.2 Å². The molecule has 7 nitrogen and oxygen atoms in total. The lowest BCUT2D eigenvalue weighted by atomic mass is 10.3. The van der Waals surface area contributed by atoms with Crippen LogP contribution in [0.4, 0.5) is 0 Å². The molecule has 1 aromatic carbocycles. The number of hydrogen-bond donors (Lipinski definition) is 2. The number of rotatable bonds is 8. The van der Waals surface area contributed by atoms with Crippen LogP contribution in [-0.2, 0) is 14.3 Å². The third-order valence-electron chi connectivity index (χ3n) is 3.55. The van der Waals surface area contributed by atoms with E-state index >= 15 is 0 Å². The van der Waals surface area contributed by atoms with Gasteiger partial charge in [-0.15, -0.1) is 0 Å². The Morgan fingerprint density at radius 2 is 1.92 bits per heavy atom. The van der Waals surface area contributed by atoms with E-state index in [1.165, 1.54) is 6.07 Å². The van der Waals surface area contributed by atoms with Crippen molar-refractivity contribution in [2.75, 3.05) is 52.5 Å². The second-order valence-corrected chi connectivity index (χ2v) is 6.29. The topological polar surface area (TPSA) is 79.9 Å². The van der Waals surface area contributed by atoms with Gasteiger partial charge < -0.3 is 20.1 Å². The van der Waals surface area contributed by atoms with Gasteiger partial charge in [-0.3, -0.25) is 14.5 Å². The quantitative estimate of drug-likeness (QED) is 0.691.